The van der Waals surface area contributed by atoms with Gasteiger partial charge >= 0.3 is 23.6 Å². The fourth-order valence-corrected chi connectivity index (χ4v) is 12.8. The monoisotopic (exact) mass is 1220 g/mol. The van der Waals surface area contributed by atoms with E-state index in [0.717, 1.165) is 27.9 Å². The van der Waals surface area contributed by atoms with Crippen molar-refractivity contribution in [3.05, 3.63) is 200 Å². The number of aliphatic hydroxyl groups excluding tert-OH is 1. The first-order valence-corrected chi connectivity index (χ1v) is 30.2. The standard InChI is InChI=1S/C35H36N4O6.C34H34N4O7/c1-21-17-31(45-30(21)20-42-2)39-18-29-33(38-34(39)40)37-32-22(9-7-15-28(32)44-29)10-8-16-36-35(41)43-19-27-25-13-5-3-11-23(25)24-12-4-6-14-26(24)27;1-42-19-29-26(39)16-30(45-29)38-17-28-32(37-33(38)40)36-31-20(8-6-14-27(31)44-28)9-7-15-35-34(41)43-18-25-23-12-4-2-10-21(23)22-11-3-5-13-24(22)25/h3-7,9,11-15,18,21,27,30-31H,8,10,16-17,19-20H2,1-2H3,(H,36,41)(H,37,38,40);2-6,8,10-14,17,25-26,29-30,39H,7,9,15-16,18-19H2,1H3,(H,35,41)(H,36,37,40)/i2TD;1TD. The molecule has 0 saturated carbocycles. The number of fused-ring (bicyclic) bond motifs is 10. The highest BCUT2D eigenvalue weighted by molar-refractivity contribution is 5.81. The highest BCUT2D eigenvalue weighted by atomic mass is 16.6. The highest BCUT2D eigenvalue weighted by Gasteiger charge is 2.38. The minimum Gasteiger partial charge on any atom is -0.450 e. The fraction of sp³-hybridized carbons (Fsp3) is 0.333. The molecule has 5 N–H and O–H groups in total. The van der Waals surface area contributed by atoms with E-state index in [0.29, 0.717) is 79.7 Å². The Hall–Kier alpha value is -9.38. The first kappa shape index (κ1) is 54.7. The van der Waals surface area contributed by atoms with E-state index in [9.17, 15) is 24.3 Å². The second-order valence-corrected chi connectivity index (χ2v) is 23.0. The Morgan fingerprint density at radius 3 is 1.47 bits per heavy atom. The topological polar surface area (TPSA) is 246 Å². The summed E-state index contributed by atoms with van der Waals surface area (Å²) in [7, 11) is -2.89. The molecule has 8 atom stereocenters. The number of para-hydroxylation sites is 2. The number of carbonyl (C=O) groups is 2. The summed E-state index contributed by atoms with van der Waals surface area (Å²) >= 11 is 0. The second kappa shape index (κ2) is 26.4. The number of hydrogen-bond acceptors (Lipinski definition) is 17. The van der Waals surface area contributed by atoms with Gasteiger partial charge in [0.25, 0.3) is 0 Å². The summed E-state index contributed by atoms with van der Waals surface area (Å²) < 4.78 is 77.0. The summed E-state index contributed by atoms with van der Waals surface area (Å²) in [4.78, 5) is 59.6. The molecule has 4 aliphatic heterocycles. The van der Waals surface area contributed by atoms with Gasteiger partial charge in [-0.3, -0.25) is 9.13 Å². The zero-order chi connectivity index (χ0) is 65.0. The molecule has 21 nitrogen and oxygen atoms in total. The third-order valence-electron chi connectivity index (χ3n) is 17.3. The van der Waals surface area contributed by atoms with Crippen molar-refractivity contribution in [3.8, 4) is 45.3 Å². The predicted octanol–water partition coefficient (Wildman–Crippen LogP) is 11.0. The highest BCUT2D eigenvalue weighted by Crippen LogP contribution is 2.48. The largest absolute Gasteiger partial charge is 0.450 e. The van der Waals surface area contributed by atoms with E-state index in [1.807, 2.05) is 85.8 Å². The fourth-order valence-electron chi connectivity index (χ4n) is 12.8. The minimum atomic E-state index is -1.50. The van der Waals surface area contributed by atoms with Crippen molar-refractivity contribution in [1.82, 2.24) is 29.7 Å². The number of ether oxygens (including phenoxy) is 8. The van der Waals surface area contributed by atoms with Crippen LogP contribution in [-0.4, -0.2) is 108 Å². The van der Waals surface area contributed by atoms with Gasteiger partial charge < -0.3 is 64.3 Å². The Labute approximate surface area is 524 Å². The lowest BCUT2D eigenvalue weighted by molar-refractivity contribution is -0.0547. The maximum atomic E-state index is 13.0. The van der Waals surface area contributed by atoms with Crippen LogP contribution in [0.4, 0.5) is 32.6 Å². The number of anilines is 4. The van der Waals surface area contributed by atoms with Crippen molar-refractivity contribution in [2.24, 2.45) is 5.92 Å². The smallest absolute Gasteiger partial charge is 0.407 e. The van der Waals surface area contributed by atoms with E-state index >= 15 is 0 Å². The van der Waals surface area contributed by atoms with Gasteiger partial charge in [0.2, 0.25) is 0 Å². The first-order valence-electron chi connectivity index (χ1n) is 32.5. The zero-order valence-corrected chi connectivity index (χ0v) is 49.3. The van der Waals surface area contributed by atoms with Crippen LogP contribution in [0.25, 0.3) is 22.3 Å². The lowest BCUT2D eigenvalue weighted by Gasteiger charge is -2.24. The van der Waals surface area contributed by atoms with Crippen molar-refractivity contribution in [1.29, 1.82) is 0 Å². The Kier molecular flexibility index (Phi) is 16.0. The number of amides is 2. The van der Waals surface area contributed by atoms with Gasteiger partial charge in [-0.25, -0.2) is 19.2 Å². The van der Waals surface area contributed by atoms with E-state index < -0.39 is 62.4 Å². The van der Waals surface area contributed by atoms with Crippen LogP contribution in [0.1, 0.15) is 95.8 Å². The summed E-state index contributed by atoms with van der Waals surface area (Å²) in [6.45, 7) is 3.30. The number of benzene rings is 6. The molecule has 2 aromatic heterocycles. The molecule has 6 aromatic carbocycles. The van der Waals surface area contributed by atoms with E-state index in [1.54, 1.807) is 12.3 Å². The number of alkyl carbamates (subject to hydrolysis) is 2. The molecule has 2 amide bonds. The summed E-state index contributed by atoms with van der Waals surface area (Å²) in [6.07, 6.45) is 2.01. The zero-order valence-electron chi connectivity index (χ0n) is 53.3. The van der Waals surface area contributed by atoms with Crippen LogP contribution in [0, 0.1) is 5.92 Å². The SMILES string of the molecule is [2H]C([3H])OCC1OC(n2cc3c(nc2=O)Nc2c(CCCNC(=O)OCC4c5ccccc5-c5ccccc54)cccc2O3)CC1C.[2H]C([3H])OCC1OC(n2cc3c(nc2=O)Nc2c(CCCNC(=O)OCC4c5ccccc5-c5ccccc54)cccc2O3)CC1O. The molecule has 2 fully saturated rings. The molecule has 21 heteroatoms. The van der Waals surface area contributed by atoms with Crippen LogP contribution in [0.15, 0.2) is 155 Å². The normalized spacial score (nSPS) is 20.8. The average Bonchev–Trinajstić information content (AvgIpc) is 1.38. The van der Waals surface area contributed by atoms with Gasteiger partial charge in [-0.2, -0.15) is 9.97 Å². The van der Waals surface area contributed by atoms with Crippen LogP contribution in [0.5, 0.6) is 23.0 Å². The molecular weight excluding hydrogens is 1150 g/mol. The van der Waals surface area contributed by atoms with Gasteiger partial charge in [0.05, 0.1) is 54.7 Å². The number of aromatic nitrogens is 4. The minimum absolute atomic E-state index is 0.00389. The van der Waals surface area contributed by atoms with Crippen molar-refractivity contribution >= 4 is 35.2 Å². The Balaban J connectivity index is 0.000000171. The van der Waals surface area contributed by atoms with Crippen LogP contribution in [0.3, 0.4) is 0 Å². The number of aliphatic hydroxyl groups is 1. The molecule has 8 aromatic rings. The van der Waals surface area contributed by atoms with Crippen LogP contribution in [0.2, 0.25) is 0 Å². The molecule has 90 heavy (non-hydrogen) atoms. The molecule has 464 valence electrons. The average molecular weight is 1230 g/mol. The summed E-state index contributed by atoms with van der Waals surface area (Å²) in [5.41, 5.74) is 11.6. The van der Waals surface area contributed by atoms with Crippen molar-refractivity contribution < 1.29 is 58.1 Å². The van der Waals surface area contributed by atoms with E-state index in [-0.39, 0.29) is 62.5 Å². The first-order chi connectivity index (χ1) is 45.7. The maximum Gasteiger partial charge on any atom is 0.407 e. The number of nitrogens with one attached hydrogen (secondary N) is 4. The number of methoxy groups -OCH3 is 2. The number of aryl methyl sites for hydroxylation is 2. The summed E-state index contributed by atoms with van der Waals surface area (Å²) in [6, 6.07) is 44.3. The van der Waals surface area contributed by atoms with Crippen LogP contribution in [-0.2, 0) is 41.3 Å². The van der Waals surface area contributed by atoms with E-state index in [2.05, 4.69) is 79.8 Å². The number of nitrogens with zero attached hydrogens (tertiary/aromatic N) is 4. The molecule has 2 saturated heterocycles. The maximum absolute atomic E-state index is 13.0. The number of hydrogen-bond donors (Lipinski definition) is 5. The Bertz CT molecular complexity index is 3880. The van der Waals surface area contributed by atoms with E-state index in [4.69, 9.17) is 43.4 Å². The third kappa shape index (κ3) is 12.3. The predicted molar refractivity (Wildman–Crippen MR) is 335 cm³/mol. The van der Waals surface area contributed by atoms with Crippen molar-refractivity contribution in [3.63, 3.8) is 0 Å². The van der Waals surface area contributed by atoms with Gasteiger partial charge in [-0.1, -0.05) is 128 Å². The second-order valence-electron chi connectivity index (χ2n) is 23.0. The molecule has 8 unspecified atom stereocenters. The molecule has 2 aliphatic carbocycles. The van der Waals surface area contributed by atoms with Gasteiger partial charge in [0, 0.05) is 45.5 Å². The summed E-state index contributed by atoms with van der Waals surface area (Å²) in [5.74, 6) is 2.54. The molecule has 0 spiro atoms. The van der Waals surface area contributed by atoms with Gasteiger partial charge in [-0.05, 0) is 106 Å². The van der Waals surface area contributed by atoms with Crippen molar-refractivity contribution in [2.45, 2.75) is 88.1 Å². The van der Waals surface area contributed by atoms with Gasteiger partial charge in [0.15, 0.2) is 34.6 Å². The lowest BCUT2D eigenvalue weighted by Crippen LogP contribution is -2.29. The molecule has 6 aliphatic rings. The molecule has 6 heterocycles. The molecule has 14 rings (SSSR count). The van der Waals surface area contributed by atoms with Crippen molar-refractivity contribution in [2.75, 3.05) is 64.3 Å². The van der Waals surface area contributed by atoms with E-state index in [1.165, 1.54) is 48.7 Å². The number of rotatable bonds is 18. The molecule has 0 radical (unpaired) electrons. The van der Waals surface area contributed by atoms with Crippen LogP contribution < -0.4 is 42.1 Å². The Morgan fingerprint density at radius 2 is 1.01 bits per heavy atom. The number of carbonyl (C=O) groups excluding carboxylic acids is 2. The van der Waals surface area contributed by atoms with Gasteiger partial charge in [-0.15, -0.1) is 0 Å². The quantitative estimate of drug-likeness (QED) is 0.0501. The molecule has 0 bridgehead atoms. The Morgan fingerprint density at radius 1 is 0.589 bits per heavy atom. The lowest BCUT2D eigenvalue weighted by atomic mass is 9.98. The van der Waals surface area contributed by atoms with Crippen LogP contribution >= 0.6 is 0 Å². The summed E-state index contributed by atoms with van der Waals surface area (Å²) in [5, 5.41) is 22.6. The van der Waals surface area contributed by atoms with Gasteiger partial charge in [0.1, 0.15) is 31.8 Å². The third-order valence-corrected chi connectivity index (χ3v) is 17.3. The molecular formula is C69H70N8O13.